The van der Waals surface area contributed by atoms with Gasteiger partial charge in [-0.25, -0.2) is 4.98 Å². The number of hydrogen-bond donors (Lipinski definition) is 2. The summed E-state index contributed by atoms with van der Waals surface area (Å²) in [6.07, 6.45) is 2.60. The minimum Gasteiger partial charge on any atom is -0.507 e. The number of amides is 1. The molecule has 6 nitrogen and oxygen atoms in total. The van der Waals surface area contributed by atoms with Gasteiger partial charge in [0, 0.05) is 11.6 Å². The molecule has 1 aromatic heterocycles. The Morgan fingerprint density at radius 2 is 2.04 bits per heavy atom. The summed E-state index contributed by atoms with van der Waals surface area (Å²) in [5.74, 6) is 0.275. The number of aromatic nitrogens is 1. The number of nitrogens with one attached hydrogen (secondary N) is 1. The first-order valence-corrected chi connectivity index (χ1v) is 8.77. The van der Waals surface area contributed by atoms with Gasteiger partial charge in [0.15, 0.2) is 12.2 Å². The summed E-state index contributed by atoms with van der Waals surface area (Å²) >= 11 is 5.87. The van der Waals surface area contributed by atoms with Crippen LogP contribution in [0.2, 0.25) is 5.02 Å². The second-order valence-electron chi connectivity index (χ2n) is 6.21. The second-order valence-corrected chi connectivity index (χ2v) is 6.64. The number of carbonyl (C=O) groups excluding carboxylic acids is 1. The molecule has 3 aromatic rings. The van der Waals surface area contributed by atoms with Crippen LogP contribution in [0.1, 0.15) is 29.8 Å². The van der Waals surface area contributed by atoms with E-state index in [0.717, 1.165) is 5.56 Å². The molecule has 0 atom stereocenters. The molecule has 27 heavy (non-hydrogen) atoms. The molecule has 1 heterocycles. The number of oxazole rings is 1. The number of halogens is 1. The van der Waals surface area contributed by atoms with Crippen LogP contribution in [0.25, 0.3) is 11.3 Å². The minimum atomic E-state index is -0.361. The second kappa shape index (κ2) is 8.14. The van der Waals surface area contributed by atoms with Crippen LogP contribution in [0.5, 0.6) is 11.5 Å². The van der Waals surface area contributed by atoms with Crippen molar-refractivity contribution in [1.82, 2.24) is 10.3 Å². The molecule has 0 aliphatic heterocycles. The molecule has 3 rings (SSSR count). The first-order valence-electron chi connectivity index (χ1n) is 8.39. The predicted molar refractivity (Wildman–Crippen MR) is 102 cm³/mol. The minimum absolute atomic E-state index is 0.0977. The van der Waals surface area contributed by atoms with Crippen molar-refractivity contribution in [3.05, 3.63) is 65.1 Å². The van der Waals surface area contributed by atoms with E-state index in [1.54, 1.807) is 18.2 Å². The van der Waals surface area contributed by atoms with Gasteiger partial charge in [-0.1, -0.05) is 23.7 Å². The van der Waals surface area contributed by atoms with Crippen LogP contribution in [0, 0.1) is 0 Å². The first-order chi connectivity index (χ1) is 12.9. The van der Waals surface area contributed by atoms with Gasteiger partial charge in [-0.2, -0.15) is 0 Å². The van der Waals surface area contributed by atoms with Gasteiger partial charge < -0.3 is 19.6 Å². The van der Waals surface area contributed by atoms with Gasteiger partial charge in [0.05, 0.1) is 23.4 Å². The predicted octanol–water partition coefficient (Wildman–Crippen LogP) is 4.42. The van der Waals surface area contributed by atoms with Crippen LogP contribution >= 0.6 is 11.6 Å². The zero-order valence-electron chi connectivity index (χ0n) is 14.9. The lowest BCUT2D eigenvalue weighted by Crippen LogP contribution is -2.24. The lowest BCUT2D eigenvalue weighted by molar-refractivity contribution is 0.0944. The van der Waals surface area contributed by atoms with Crippen molar-refractivity contribution in [2.24, 2.45) is 0 Å². The summed E-state index contributed by atoms with van der Waals surface area (Å²) in [6, 6.07) is 10.1. The molecule has 1 amide bonds. The van der Waals surface area contributed by atoms with E-state index in [9.17, 15) is 9.90 Å². The van der Waals surface area contributed by atoms with Crippen LogP contribution in [0.15, 0.2) is 53.4 Å². The number of aromatic hydroxyl groups is 1. The molecule has 0 saturated carbocycles. The van der Waals surface area contributed by atoms with Crippen molar-refractivity contribution in [2.75, 3.05) is 0 Å². The molecule has 2 N–H and O–H groups in total. The highest BCUT2D eigenvalue weighted by Gasteiger charge is 2.19. The molecule has 0 unspecified atom stereocenters. The molecular weight excluding hydrogens is 368 g/mol. The third kappa shape index (κ3) is 4.60. The van der Waals surface area contributed by atoms with Crippen molar-refractivity contribution >= 4 is 17.5 Å². The monoisotopic (exact) mass is 386 g/mol. The quantitative estimate of drug-likeness (QED) is 0.655. The van der Waals surface area contributed by atoms with Crippen LogP contribution in [0.3, 0.4) is 0 Å². The summed E-state index contributed by atoms with van der Waals surface area (Å²) in [4.78, 5) is 16.5. The Bertz CT molecular complexity index is 922. The number of phenols is 1. The van der Waals surface area contributed by atoms with Gasteiger partial charge in [-0.05, 0) is 43.7 Å². The van der Waals surface area contributed by atoms with Gasteiger partial charge in [0.2, 0.25) is 0 Å². The first kappa shape index (κ1) is 18.8. The van der Waals surface area contributed by atoms with Crippen molar-refractivity contribution in [2.45, 2.75) is 26.5 Å². The zero-order valence-corrected chi connectivity index (χ0v) is 15.7. The summed E-state index contributed by atoms with van der Waals surface area (Å²) in [5.41, 5.74) is 1.54. The maximum Gasteiger partial charge on any atom is 0.255 e. The van der Waals surface area contributed by atoms with Crippen LogP contribution < -0.4 is 10.1 Å². The van der Waals surface area contributed by atoms with E-state index in [1.807, 2.05) is 26.0 Å². The Kier molecular flexibility index (Phi) is 5.66. The smallest absolute Gasteiger partial charge is 0.255 e. The number of hydrogen-bond acceptors (Lipinski definition) is 5. The SMILES string of the molecule is CC(C)Oc1cc(-c2cnco2)c(O)cc1C(=O)NCc1ccc(Cl)cc1. The Morgan fingerprint density at radius 3 is 2.67 bits per heavy atom. The normalized spacial score (nSPS) is 10.8. The van der Waals surface area contributed by atoms with E-state index in [1.165, 1.54) is 18.7 Å². The number of phenolic OH excluding ortho intramolecular Hbond substituents is 1. The molecule has 0 aliphatic carbocycles. The fourth-order valence-electron chi connectivity index (χ4n) is 2.52. The fourth-order valence-corrected chi connectivity index (χ4v) is 2.65. The fraction of sp³-hybridized carbons (Fsp3) is 0.200. The number of nitrogens with zero attached hydrogens (tertiary/aromatic N) is 1. The topological polar surface area (TPSA) is 84.6 Å². The average Bonchev–Trinajstić information content (AvgIpc) is 3.16. The molecule has 0 fully saturated rings. The lowest BCUT2D eigenvalue weighted by atomic mass is 10.1. The van der Waals surface area contributed by atoms with Crippen LogP contribution in [0.4, 0.5) is 0 Å². The van der Waals surface area contributed by atoms with E-state index < -0.39 is 0 Å². The van der Waals surface area contributed by atoms with E-state index in [-0.39, 0.29) is 23.3 Å². The summed E-state index contributed by atoms with van der Waals surface area (Å²) in [7, 11) is 0. The molecule has 7 heteroatoms. The van der Waals surface area contributed by atoms with E-state index >= 15 is 0 Å². The van der Waals surface area contributed by atoms with Gasteiger partial charge in [0.25, 0.3) is 5.91 Å². The van der Waals surface area contributed by atoms with Gasteiger partial charge in [0.1, 0.15) is 11.5 Å². The van der Waals surface area contributed by atoms with Crippen LogP contribution in [-0.4, -0.2) is 22.1 Å². The molecule has 0 saturated heterocycles. The van der Waals surface area contributed by atoms with Gasteiger partial charge in [-0.3, -0.25) is 4.79 Å². The Morgan fingerprint density at radius 1 is 1.30 bits per heavy atom. The van der Waals surface area contributed by atoms with E-state index in [0.29, 0.717) is 28.6 Å². The summed E-state index contributed by atoms with van der Waals surface area (Å²) in [6.45, 7) is 4.04. The van der Waals surface area contributed by atoms with Crippen molar-refractivity contribution in [3.63, 3.8) is 0 Å². The third-order valence-corrected chi connectivity index (χ3v) is 4.02. The number of rotatable bonds is 6. The Balaban J connectivity index is 1.87. The van der Waals surface area contributed by atoms with Crippen molar-refractivity contribution < 1.29 is 19.1 Å². The van der Waals surface area contributed by atoms with Crippen molar-refractivity contribution in [3.8, 4) is 22.8 Å². The highest BCUT2D eigenvalue weighted by atomic mass is 35.5. The molecule has 0 aliphatic rings. The van der Waals surface area contributed by atoms with Crippen LogP contribution in [-0.2, 0) is 6.54 Å². The Labute approximate surface area is 161 Å². The number of ether oxygens (including phenoxy) is 1. The Hall–Kier alpha value is -2.99. The molecule has 0 spiro atoms. The standard InChI is InChI=1S/C20H19ClN2O4/c1-12(2)27-18-8-15(19-10-22-11-26-19)17(24)7-16(18)20(25)23-9-13-3-5-14(21)6-4-13/h3-8,10-12,24H,9H2,1-2H3,(H,23,25). The molecule has 140 valence electrons. The molecule has 2 aromatic carbocycles. The maximum absolute atomic E-state index is 12.7. The zero-order chi connectivity index (χ0) is 19.4. The maximum atomic E-state index is 12.7. The third-order valence-electron chi connectivity index (χ3n) is 3.77. The summed E-state index contributed by atoms with van der Waals surface area (Å²) < 4.78 is 11.0. The molecule has 0 radical (unpaired) electrons. The highest BCUT2D eigenvalue weighted by molar-refractivity contribution is 6.30. The van der Waals surface area contributed by atoms with Crippen molar-refractivity contribution in [1.29, 1.82) is 0 Å². The van der Waals surface area contributed by atoms with E-state index in [4.69, 9.17) is 20.8 Å². The number of benzene rings is 2. The average molecular weight is 387 g/mol. The number of carbonyl (C=O) groups is 1. The van der Waals surface area contributed by atoms with E-state index in [2.05, 4.69) is 10.3 Å². The lowest BCUT2D eigenvalue weighted by Gasteiger charge is -2.16. The van der Waals surface area contributed by atoms with Gasteiger partial charge in [-0.15, -0.1) is 0 Å². The molecular formula is C20H19ClN2O4. The van der Waals surface area contributed by atoms with Gasteiger partial charge >= 0.3 is 0 Å². The largest absolute Gasteiger partial charge is 0.507 e. The summed E-state index contributed by atoms with van der Waals surface area (Å²) in [5, 5.41) is 13.8. The highest BCUT2D eigenvalue weighted by Crippen LogP contribution is 2.36. The molecule has 0 bridgehead atoms.